The third kappa shape index (κ3) is 3.79. The molecule has 0 aliphatic carbocycles. The molecule has 0 saturated carbocycles. The summed E-state index contributed by atoms with van der Waals surface area (Å²) in [5.74, 6) is 1.64. The molecule has 0 aromatic heterocycles. The summed E-state index contributed by atoms with van der Waals surface area (Å²) in [5, 5.41) is 5.85. The summed E-state index contributed by atoms with van der Waals surface area (Å²) in [6.45, 7) is 2.55. The molecule has 3 rings (SSSR count). The summed E-state index contributed by atoms with van der Waals surface area (Å²) in [6, 6.07) is 13.3. The van der Waals surface area contributed by atoms with Gasteiger partial charge in [-0.2, -0.15) is 0 Å². The Labute approximate surface area is 142 Å². The molecule has 0 spiro atoms. The number of carbonyl (C=O) groups excluding carboxylic acids is 1. The van der Waals surface area contributed by atoms with Crippen molar-refractivity contribution in [3.63, 3.8) is 0 Å². The molecule has 2 N–H and O–H groups in total. The van der Waals surface area contributed by atoms with Gasteiger partial charge in [0.05, 0.1) is 13.2 Å². The zero-order chi connectivity index (χ0) is 16.9. The monoisotopic (exact) mass is 326 g/mol. The Morgan fingerprint density at radius 3 is 2.96 bits per heavy atom. The Morgan fingerprint density at radius 2 is 2.17 bits per heavy atom. The number of aryl methyl sites for hydroxylation is 1. The highest BCUT2D eigenvalue weighted by atomic mass is 16.5. The summed E-state index contributed by atoms with van der Waals surface area (Å²) < 4.78 is 11.0. The Bertz CT molecular complexity index is 730. The number of hydrogen-bond donors (Lipinski definition) is 2. The molecule has 0 radical (unpaired) electrons. The van der Waals surface area contributed by atoms with Crippen molar-refractivity contribution in [2.24, 2.45) is 0 Å². The number of methoxy groups -OCH3 is 1. The van der Waals surface area contributed by atoms with E-state index in [1.54, 1.807) is 7.11 Å². The molecule has 0 saturated heterocycles. The van der Waals surface area contributed by atoms with Gasteiger partial charge in [-0.05, 0) is 54.3 Å². The average molecular weight is 326 g/mol. The fourth-order valence-corrected chi connectivity index (χ4v) is 2.81. The Kier molecular flexibility index (Phi) is 4.89. The first-order valence-electron chi connectivity index (χ1n) is 8.14. The van der Waals surface area contributed by atoms with Gasteiger partial charge in [-0.25, -0.2) is 4.79 Å². The van der Waals surface area contributed by atoms with Gasteiger partial charge < -0.3 is 20.1 Å². The lowest BCUT2D eigenvalue weighted by atomic mass is 10.0. The van der Waals surface area contributed by atoms with Crippen LogP contribution in [0.3, 0.4) is 0 Å². The number of carbonyl (C=O) groups is 1. The first-order valence-corrected chi connectivity index (χ1v) is 8.14. The summed E-state index contributed by atoms with van der Waals surface area (Å²) >= 11 is 0. The zero-order valence-electron chi connectivity index (χ0n) is 14.0. The number of amides is 2. The second-order valence-electron chi connectivity index (χ2n) is 5.84. The second kappa shape index (κ2) is 7.25. The SMILES string of the molecule is CCc1cccc(NC(=O)N[C@H]2COc3ccc(OC)cc3C2)c1. The van der Waals surface area contributed by atoms with Crippen LogP contribution in [0.1, 0.15) is 18.1 Å². The van der Waals surface area contributed by atoms with E-state index in [1.165, 1.54) is 5.56 Å². The van der Waals surface area contributed by atoms with Crippen molar-refractivity contribution in [1.29, 1.82) is 0 Å². The molecule has 2 aromatic carbocycles. The Morgan fingerprint density at radius 1 is 1.29 bits per heavy atom. The van der Waals surface area contributed by atoms with E-state index in [0.29, 0.717) is 6.61 Å². The molecule has 1 heterocycles. The summed E-state index contributed by atoms with van der Waals surface area (Å²) in [6.07, 6.45) is 1.65. The van der Waals surface area contributed by atoms with Gasteiger partial charge in [0.15, 0.2) is 0 Å². The molecule has 2 amide bonds. The van der Waals surface area contributed by atoms with Gasteiger partial charge in [0.25, 0.3) is 0 Å². The average Bonchev–Trinajstić information content (AvgIpc) is 2.61. The van der Waals surface area contributed by atoms with Crippen LogP contribution in [-0.2, 0) is 12.8 Å². The zero-order valence-corrected chi connectivity index (χ0v) is 14.0. The van der Waals surface area contributed by atoms with E-state index in [2.05, 4.69) is 17.6 Å². The minimum atomic E-state index is -0.219. The van der Waals surface area contributed by atoms with Gasteiger partial charge in [0.1, 0.15) is 18.1 Å². The van der Waals surface area contributed by atoms with E-state index in [4.69, 9.17) is 9.47 Å². The van der Waals surface area contributed by atoms with Crippen molar-refractivity contribution in [3.05, 3.63) is 53.6 Å². The minimum Gasteiger partial charge on any atom is -0.497 e. The fraction of sp³-hybridized carbons (Fsp3) is 0.316. The van der Waals surface area contributed by atoms with Crippen LogP contribution in [0.2, 0.25) is 0 Å². The lowest BCUT2D eigenvalue weighted by Gasteiger charge is -2.26. The molecule has 5 nitrogen and oxygen atoms in total. The Balaban J connectivity index is 1.60. The van der Waals surface area contributed by atoms with E-state index in [1.807, 2.05) is 42.5 Å². The van der Waals surface area contributed by atoms with Crippen LogP contribution in [0.5, 0.6) is 11.5 Å². The highest BCUT2D eigenvalue weighted by molar-refractivity contribution is 5.89. The predicted octanol–water partition coefficient (Wildman–Crippen LogP) is 3.38. The third-order valence-corrected chi connectivity index (χ3v) is 4.10. The van der Waals surface area contributed by atoms with Crippen molar-refractivity contribution < 1.29 is 14.3 Å². The molecule has 0 unspecified atom stereocenters. The molecule has 24 heavy (non-hydrogen) atoms. The predicted molar refractivity (Wildman–Crippen MR) is 94.0 cm³/mol. The van der Waals surface area contributed by atoms with Gasteiger partial charge in [-0.15, -0.1) is 0 Å². The fourth-order valence-electron chi connectivity index (χ4n) is 2.81. The first kappa shape index (κ1) is 16.2. The number of ether oxygens (including phenoxy) is 2. The van der Waals surface area contributed by atoms with Crippen LogP contribution in [0.15, 0.2) is 42.5 Å². The quantitative estimate of drug-likeness (QED) is 0.905. The smallest absolute Gasteiger partial charge is 0.319 e. The molecule has 5 heteroatoms. The van der Waals surface area contributed by atoms with Gasteiger partial charge in [0.2, 0.25) is 0 Å². The molecule has 0 bridgehead atoms. The molecule has 2 aromatic rings. The topological polar surface area (TPSA) is 59.6 Å². The van der Waals surface area contributed by atoms with Crippen molar-refractivity contribution >= 4 is 11.7 Å². The molecule has 1 aliphatic rings. The van der Waals surface area contributed by atoms with E-state index < -0.39 is 0 Å². The highest BCUT2D eigenvalue weighted by Gasteiger charge is 2.22. The van der Waals surface area contributed by atoms with Gasteiger partial charge in [-0.3, -0.25) is 0 Å². The van der Waals surface area contributed by atoms with Crippen molar-refractivity contribution in [2.45, 2.75) is 25.8 Å². The summed E-state index contributed by atoms with van der Waals surface area (Å²) in [5.41, 5.74) is 3.03. The van der Waals surface area contributed by atoms with Crippen LogP contribution in [0, 0.1) is 0 Å². The number of urea groups is 1. The molecule has 0 fully saturated rings. The van der Waals surface area contributed by atoms with Crippen molar-refractivity contribution in [1.82, 2.24) is 5.32 Å². The van der Waals surface area contributed by atoms with E-state index >= 15 is 0 Å². The van der Waals surface area contributed by atoms with Gasteiger partial charge in [0, 0.05) is 5.69 Å². The van der Waals surface area contributed by atoms with Crippen LogP contribution in [0.25, 0.3) is 0 Å². The van der Waals surface area contributed by atoms with Gasteiger partial charge in [-0.1, -0.05) is 19.1 Å². The number of anilines is 1. The second-order valence-corrected chi connectivity index (χ2v) is 5.84. The normalized spacial score (nSPS) is 15.8. The first-order chi connectivity index (χ1) is 11.7. The molecular weight excluding hydrogens is 304 g/mol. The summed E-state index contributed by atoms with van der Waals surface area (Å²) in [4.78, 5) is 12.2. The maximum atomic E-state index is 12.2. The van der Waals surface area contributed by atoms with Crippen molar-refractivity contribution in [3.8, 4) is 11.5 Å². The van der Waals surface area contributed by atoms with Crippen LogP contribution in [0.4, 0.5) is 10.5 Å². The third-order valence-electron chi connectivity index (χ3n) is 4.10. The minimum absolute atomic E-state index is 0.0704. The van der Waals surface area contributed by atoms with Crippen molar-refractivity contribution in [2.75, 3.05) is 19.0 Å². The highest BCUT2D eigenvalue weighted by Crippen LogP contribution is 2.28. The maximum Gasteiger partial charge on any atom is 0.319 e. The van der Waals surface area contributed by atoms with Crippen LogP contribution >= 0.6 is 0 Å². The summed E-state index contributed by atoms with van der Waals surface area (Å²) in [7, 11) is 1.64. The lowest BCUT2D eigenvalue weighted by Crippen LogP contribution is -2.44. The van der Waals surface area contributed by atoms with Crippen LogP contribution in [-0.4, -0.2) is 25.8 Å². The lowest BCUT2D eigenvalue weighted by molar-refractivity contribution is 0.222. The largest absolute Gasteiger partial charge is 0.497 e. The number of benzene rings is 2. The van der Waals surface area contributed by atoms with E-state index in [0.717, 1.165) is 35.6 Å². The molecule has 126 valence electrons. The van der Waals surface area contributed by atoms with E-state index in [9.17, 15) is 4.79 Å². The number of fused-ring (bicyclic) bond motifs is 1. The number of hydrogen-bond acceptors (Lipinski definition) is 3. The number of nitrogens with one attached hydrogen (secondary N) is 2. The van der Waals surface area contributed by atoms with E-state index in [-0.39, 0.29) is 12.1 Å². The number of rotatable bonds is 4. The standard InChI is InChI=1S/C19H22N2O3/c1-3-13-5-4-6-15(9-13)20-19(22)21-16-10-14-11-17(23-2)7-8-18(14)24-12-16/h4-9,11,16H,3,10,12H2,1-2H3,(H2,20,21,22)/t16-/m1/s1. The van der Waals surface area contributed by atoms with Gasteiger partial charge >= 0.3 is 6.03 Å². The Hall–Kier alpha value is -2.69. The molecular formula is C19H22N2O3. The molecule has 1 aliphatic heterocycles. The maximum absolute atomic E-state index is 12.2. The van der Waals surface area contributed by atoms with Crippen LogP contribution < -0.4 is 20.1 Å². The molecule has 1 atom stereocenters.